The zero-order chi connectivity index (χ0) is 29.2. The van der Waals surface area contributed by atoms with E-state index in [0.717, 1.165) is 18.2 Å². The normalized spacial score (nSPS) is 32.4. The molecule has 2 fully saturated rings. The number of aliphatic hydroxyl groups excluding tert-OH is 5. The fraction of sp³-hybridized carbons (Fsp3) is 0.423. The summed E-state index contributed by atoms with van der Waals surface area (Å²) in [4.78, 5) is 12.6. The molecule has 218 valence electrons. The predicted octanol–water partition coefficient (Wildman–Crippen LogP) is -1.66. The number of phenols is 3. The van der Waals surface area contributed by atoms with Crippen molar-refractivity contribution in [3.05, 3.63) is 53.6 Å². The van der Waals surface area contributed by atoms with Gasteiger partial charge in [-0.3, -0.25) is 4.79 Å². The van der Waals surface area contributed by atoms with Gasteiger partial charge < -0.3 is 64.9 Å². The molecular formula is C26H30O14. The third-order valence-electron chi connectivity index (χ3n) is 6.60. The third kappa shape index (κ3) is 6.05. The first-order chi connectivity index (χ1) is 19.0. The minimum absolute atomic E-state index is 0.0970. The molecular weight excluding hydrogens is 536 g/mol. The molecule has 0 aromatic heterocycles. The van der Waals surface area contributed by atoms with E-state index < -0.39 is 80.1 Å². The summed E-state index contributed by atoms with van der Waals surface area (Å²) in [5.41, 5.74) is -1.94. The minimum atomic E-state index is -2.05. The van der Waals surface area contributed by atoms with E-state index in [0.29, 0.717) is 0 Å². The Bertz CT molecular complexity index is 1230. The molecule has 2 aromatic rings. The number of phenolic OH excluding ortho intramolecular Hbond substituents is 3. The summed E-state index contributed by atoms with van der Waals surface area (Å²) in [5.74, 6) is -1.67. The van der Waals surface area contributed by atoms with Gasteiger partial charge in [-0.1, -0.05) is 0 Å². The predicted molar refractivity (Wildman–Crippen MR) is 132 cm³/mol. The van der Waals surface area contributed by atoms with Gasteiger partial charge in [-0.25, -0.2) is 0 Å². The molecule has 2 heterocycles. The number of ketones is 1. The van der Waals surface area contributed by atoms with E-state index in [-0.39, 0.29) is 28.4 Å². The van der Waals surface area contributed by atoms with Crippen molar-refractivity contribution in [3.8, 4) is 23.0 Å². The van der Waals surface area contributed by atoms with Crippen LogP contribution in [0.3, 0.4) is 0 Å². The monoisotopic (exact) mass is 566 g/mol. The van der Waals surface area contributed by atoms with Gasteiger partial charge >= 0.3 is 0 Å². The van der Waals surface area contributed by atoms with Crippen LogP contribution in [-0.4, -0.2) is 120 Å². The summed E-state index contributed by atoms with van der Waals surface area (Å²) in [5, 5.41) is 90.2. The molecule has 0 unspecified atom stereocenters. The van der Waals surface area contributed by atoms with Gasteiger partial charge in [-0.2, -0.15) is 0 Å². The summed E-state index contributed by atoms with van der Waals surface area (Å²) < 4.78 is 22.3. The Morgan fingerprint density at radius 2 is 1.70 bits per heavy atom. The number of aromatic hydroxyl groups is 3. The fourth-order valence-electron chi connectivity index (χ4n) is 4.23. The lowest BCUT2D eigenvalue weighted by Gasteiger charge is -2.42. The van der Waals surface area contributed by atoms with E-state index in [1.54, 1.807) is 0 Å². The second-order valence-corrected chi connectivity index (χ2v) is 9.43. The van der Waals surface area contributed by atoms with Crippen LogP contribution in [-0.2, 0) is 14.2 Å². The van der Waals surface area contributed by atoms with Gasteiger partial charge in [0.15, 0.2) is 18.2 Å². The molecule has 40 heavy (non-hydrogen) atoms. The highest BCUT2D eigenvalue weighted by atomic mass is 16.8. The second kappa shape index (κ2) is 12.1. The highest BCUT2D eigenvalue weighted by Crippen LogP contribution is 2.34. The molecule has 2 aromatic carbocycles. The SMILES string of the molecule is O=C(/C=C/c1ccc(O)cc1O[C@H]1O[C@@H](CO)[C@H](O)[C@@H](O)[C@@H]1O[C@H]1OC[C@@](O)(CO)[C@@H]1O)c1ccc(O)cc1O. The first-order valence-electron chi connectivity index (χ1n) is 12.1. The molecule has 2 saturated heterocycles. The largest absolute Gasteiger partial charge is 0.508 e. The van der Waals surface area contributed by atoms with E-state index in [4.69, 9.17) is 18.9 Å². The molecule has 2 aliphatic rings. The van der Waals surface area contributed by atoms with Crippen molar-refractivity contribution in [3.63, 3.8) is 0 Å². The zero-order valence-corrected chi connectivity index (χ0v) is 20.8. The first kappa shape index (κ1) is 29.7. The van der Waals surface area contributed by atoms with Crippen LogP contribution in [0.25, 0.3) is 6.08 Å². The molecule has 0 saturated carbocycles. The van der Waals surface area contributed by atoms with Crippen molar-refractivity contribution in [2.75, 3.05) is 19.8 Å². The average Bonchev–Trinajstić information content (AvgIpc) is 3.21. The molecule has 9 N–H and O–H groups in total. The van der Waals surface area contributed by atoms with Crippen LogP contribution >= 0.6 is 0 Å². The van der Waals surface area contributed by atoms with Crippen LogP contribution < -0.4 is 4.74 Å². The molecule has 0 spiro atoms. The highest BCUT2D eigenvalue weighted by Gasteiger charge is 2.53. The summed E-state index contributed by atoms with van der Waals surface area (Å²) >= 11 is 0. The molecule has 2 aliphatic heterocycles. The number of carbonyl (C=O) groups excluding carboxylic acids is 1. The number of allylic oxidation sites excluding steroid dienone is 1. The van der Waals surface area contributed by atoms with Crippen molar-refractivity contribution >= 4 is 11.9 Å². The van der Waals surface area contributed by atoms with Gasteiger partial charge in [-0.05, 0) is 36.4 Å². The summed E-state index contributed by atoms with van der Waals surface area (Å²) in [6.07, 6.45) is -8.89. The molecule has 0 amide bonds. The lowest BCUT2D eigenvalue weighted by Crippen LogP contribution is -2.62. The highest BCUT2D eigenvalue weighted by molar-refractivity contribution is 6.08. The Morgan fingerprint density at radius 1 is 1.00 bits per heavy atom. The topological polar surface area (TPSA) is 236 Å². The number of benzene rings is 2. The van der Waals surface area contributed by atoms with Crippen molar-refractivity contribution in [2.24, 2.45) is 0 Å². The molecule has 8 atom stereocenters. The maximum atomic E-state index is 12.6. The van der Waals surface area contributed by atoms with Gasteiger partial charge in [0.1, 0.15) is 53.0 Å². The lowest BCUT2D eigenvalue weighted by molar-refractivity contribution is -0.318. The Balaban J connectivity index is 1.60. The first-order valence-corrected chi connectivity index (χ1v) is 12.1. The summed E-state index contributed by atoms with van der Waals surface area (Å²) in [6, 6.07) is 7.27. The minimum Gasteiger partial charge on any atom is -0.508 e. The Kier molecular flexibility index (Phi) is 8.94. The van der Waals surface area contributed by atoms with Crippen molar-refractivity contribution in [1.82, 2.24) is 0 Å². The Morgan fingerprint density at radius 3 is 2.35 bits per heavy atom. The summed E-state index contributed by atoms with van der Waals surface area (Å²) in [6.45, 7) is -2.08. The lowest BCUT2D eigenvalue weighted by atomic mass is 9.98. The molecule has 4 rings (SSSR count). The van der Waals surface area contributed by atoms with Crippen LogP contribution in [0.1, 0.15) is 15.9 Å². The maximum absolute atomic E-state index is 12.6. The van der Waals surface area contributed by atoms with Gasteiger partial charge in [-0.15, -0.1) is 0 Å². The number of hydrogen-bond donors (Lipinski definition) is 9. The van der Waals surface area contributed by atoms with Crippen molar-refractivity contribution < 1.29 is 69.7 Å². The van der Waals surface area contributed by atoms with Crippen molar-refractivity contribution in [2.45, 2.75) is 48.7 Å². The van der Waals surface area contributed by atoms with Gasteiger partial charge in [0.2, 0.25) is 6.29 Å². The number of rotatable bonds is 9. The molecule has 14 nitrogen and oxygen atoms in total. The van der Waals surface area contributed by atoms with Crippen LogP contribution in [0, 0.1) is 0 Å². The van der Waals surface area contributed by atoms with E-state index in [2.05, 4.69) is 0 Å². The van der Waals surface area contributed by atoms with E-state index in [1.165, 1.54) is 30.3 Å². The van der Waals surface area contributed by atoms with E-state index >= 15 is 0 Å². The average molecular weight is 567 g/mol. The van der Waals surface area contributed by atoms with Gasteiger partial charge in [0.25, 0.3) is 0 Å². The smallest absolute Gasteiger partial charge is 0.229 e. The standard InChI is InChI=1S/C26H30O14/c27-9-19-20(33)21(34)22(40-25-23(35)26(36,10-28)11-37-25)24(39-19)38-18-8-14(30)3-1-12(18)2-6-16(31)15-5-4-13(29)7-17(15)32/h1-8,19-25,27-30,32-36H,9-11H2/b6-2+/t19-,20-,21+,22-,23+,24-,25+,26-/m0/s1. The third-order valence-corrected chi connectivity index (χ3v) is 6.60. The van der Waals surface area contributed by atoms with Crippen LogP contribution in [0.2, 0.25) is 0 Å². The number of aliphatic hydroxyl groups is 6. The molecule has 0 aliphatic carbocycles. The summed E-state index contributed by atoms with van der Waals surface area (Å²) in [7, 11) is 0. The van der Waals surface area contributed by atoms with Gasteiger partial charge in [0.05, 0.1) is 25.4 Å². The Labute approximate surface area is 227 Å². The molecule has 14 heteroatoms. The van der Waals surface area contributed by atoms with E-state index in [1.807, 2.05) is 0 Å². The zero-order valence-electron chi connectivity index (χ0n) is 20.8. The number of hydrogen-bond acceptors (Lipinski definition) is 14. The van der Waals surface area contributed by atoms with Crippen LogP contribution in [0.4, 0.5) is 0 Å². The number of carbonyl (C=O) groups is 1. The Hall–Kier alpha value is -3.31. The maximum Gasteiger partial charge on any atom is 0.229 e. The molecule has 0 bridgehead atoms. The molecule has 0 radical (unpaired) electrons. The van der Waals surface area contributed by atoms with Gasteiger partial charge in [0, 0.05) is 17.7 Å². The van der Waals surface area contributed by atoms with Crippen LogP contribution in [0.5, 0.6) is 23.0 Å². The second-order valence-electron chi connectivity index (χ2n) is 9.43. The van der Waals surface area contributed by atoms with E-state index in [9.17, 15) is 50.8 Å². The van der Waals surface area contributed by atoms with Crippen molar-refractivity contribution in [1.29, 1.82) is 0 Å². The fourth-order valence-corrected chi connectivity index (χ4v) is 4.23. The number of ether oxygens (including phenoxy) is 4. The van der Waals surface area contributed by atoms with Crippen LogP contribution in [0.15, 0.2) is 42.5 Å². The quantitative estimate of drug-likeness (QED) is 0.122.